The van der Waals surface area contributed by atoms with Crippen LogP contribution in [-0.2, 0) is 11.3 Å². The molecule has 164 valence electrons. The Bertz CT molecular complexity index is 1050. The predicted octanol–water partition coefficient (Wildman–Crippen LogP) is 2.26. The third-order valence-electron chi connectivity index (χ3n) is 7.46. The van der Waals surface area contributed by atoms with E-state index in [9.17, 15) is 19.1 Å². The van der Waals surface area contributed by atoms with E-state index >= 15 is 0 Å². The van der Waals surface area contributed by atoms with Gasteiger partial charge in [-0.2, -0.15) is 0 Å². The summed E-state index contributed by atoms with van der Waals surface area (Å²) in [6, 6.07) is 9.32. The van der Waals surface area contributed by atoms with E-state index in [0.29, 0.717) is 17.7 Å². The van der Waals surface area contributed by atoms with Crippen molar-refractivity contribution < 1.29 is 14.3 Å². The summed E-state index contributed by atoms with van der Waals surface area (Å²) in [4.78, 5) is 31.0. The van der Waals surface area contributed by atoms with Gasteiger partial charge in [0, 0.05) is 49.5 Å². The highest BCUT2D eigenvalue weighted by atomic mass is 19.1. The van der Waals surface area contributed by atoms with Gasteiger partial charge in [0.2, 0.25) is 5.91 Å². The number of benzene rings is 1. The number of aliphatic hydroxyl groups excluding tert-OH is 1. The Hall–Kier alpha value is -2.51. The molecule has 5 rings (SSSR count). The van der Waals surface area contributed by atoms with Gasteiger partial charge < -0.3 is 14.6 Å². The molecule has 2 aromatic rings. The standard InChI is InChI=1S/C24H28FN3O3/c1-26-20-13-28-19(10-9-17(23(28)30)15-5-7-16(25)8-6-15)22(26)21(18(20)14-29)24(31)27-11-3-2-4-12-27/h5-10,18,20-22,29H,2-4,11-14H2,1H3/t18-,20-,21+,22+/m1/s1. The van der Waals surface area contributed by atoms with Gasteiger partial charge in [0.25, 0.3) is 5.56 Å². The molecule has 6 nitrogen and oxygen atoms in total. The van der Waals surface area contributed by atoms with Crippen molar-refractivity contribution in [3.05, 3.63) is 58.3 Å². The predicted molar refractivity (Wildman–Crippen MR) is 115 cm³/mol. The molecule has 3 aliphatic rings. The number of hydrogen-bond acceptors (Lipinski definition) is 4. The normalized spacial score (nSPS) is 27.9. The molecular weight excluding hydrogens is 397 g/mol. The Morgan fingerprint density at radius 1 is 1.10 bits per heavy atom. The average Bonchev–Trinajstić information content (AvgIpc) is 2.97. The number of likely N-dealkylation sites (tertiary alicyclic amines) is 1. The molecule has 0 aliphatic carbocycles. The second kappa shape index (κ2) is 7.88. The Balaban J connectivity index is 1.56. The van der Waals surface area contributed by atoms with E-state index in [4.69, 9.17) is 0 Å². The number of nitrogens with zero attached hydrogens (tertiary/aromatic N) is 3. The monoisotopic (exact) mass is 425 g/mol. The molecule has 0 unspecified atom stereocenters. The Kier molecular flexibility index (Phi) is 5.18. The number of amides is 1. The molecule has 2 saturated heterocycles. The molecule has 1 aromatic carbocycles. The lowest BCUT2D eigenvalue weighted by molar-refractivity contribution is -0.139. The molecule has 0 radical (unpaired) electrons. The Morgan fingerprint density at radius 3 is 2.48 bits per heavy atom. The third-order valence-corrected chi connectivity index (χ3v) is 7.46. The van der Waals surface area contributed by atoms with Crippen molar-refractivity contribution in [2.45, 2.75) is 37.9 Å². The zero-order valence-corrected chi connectivity index (χ0v) is 17.7. The lowest BCUT2D eigenvalue weighted by Crippen LogP contribution is -2.45. The zero-order valence-electron chi connectivity index (χ0n) is 17.7. The quantitative estimate of drug-likeness (QED) is 0.819. The minimum Gasteiger partial charge on any atom is -0.396 e. The van der Waals surface area contributed by atoms with Gasteiger partial charge in [0.05, 0.1) is 12.0 Å². The van der Waals surface area contributed by atoms with Crippen LogP contribution < -0.4 is 5.56 Å². The summed E-state index contributed by atoms with van der Waals surface area (Å²) in [5.41, 5.74) is 1.88. The second-order valence-electron chi connectivity index (χ2n) is 9.03. The van der Waals surface area contributed by atoms with Crippen LogP contribution in [0.25, 0.3) is 11.1 Å². The topological polar surface area (TPSA) is 65.8 Å². The second-order valence-corrected chi connectivity index (χ2v) is 9.03. The van der Waals surface area contributed by atoms with Gasteiger partial charge in [-0.3, -0.25) is 14.5 Å². The Labute approximate surface area is 180 Å². The molecule has 2 bridgehead atoms. The first-order valence-electron chi connectivity index (χ1n) is 11.1. The maximum atomic E-state index is 13.5. The minimum atomic E-state index is -0.358. The third kappa shape index (κ3) is 3.22. The number of likely N-dealkylation sites (N-methyl/N-ethyl adjacent to an activating group) is 1. The SMILES string of the molecule is CN1[C@@H]2Cn3c(ccc(-c4ccc(F)cc4)c3=O)[C@H]1[C@@H](C(=O)N1CCCCC1)[C@@H]2CO. The number of piperidine rings is 1. The largest absolute Gasteiger partial charge is 0.396 e. The van der Waals surface area contributed by atoms with Crippen molar-refractivity contribution in [1.29, 1.82) is 0 Å². The highest BCUT2D eigenvalue weighted by Crippen LogP contribution is 2.48. The fourth-order valence-corrected chi connectivity index (χ4v) is 5.85. The summed E-state index contributed by atoms with van der Waals surface area (Å²) in [5.74, 6) is -0.811. The molecule has 4 heterocycles. The van der Waals surface area contributed by atoms with Crippen LogP contribution in [0.5, 0.6) is 0 Å². The van der Waals surface area contributed by atoms with Gasteiger partial charge in [-0.1, -0.05) is 12.1 Å². The molecular formula is C24H28FN3O3. The lowest BCUT2D eigenvalue weighted by Gasteiger charge is -2.36. The van der Waals surface area contributed by atoms with Crippen LogP contribution in [0, 0.1) is 17.7 Å². The number of fused-ring (bicyclic) bond motifs is 4. The fraction of sp³-hybridized carbons (Fsp3) is 0.500. The number of carbonyl (C=O) groups is 1. The van der Waals surface area contributed by atoms with Crippen LogP contribution in [0.15, 0.2) is 41.2 Å². The maximum Gasteiger partial charge on any atom is 0.258 e. The van der Waals surface area contributed by atoms with Crippen LogP contribution in [0.3, 0.4) is 0 Å². The number of halogens is 1. The number of aliphatic hydroxyl groups is 1. The summed E-state index contributed by atoms with van der Waals surface area (Å²) >= 11 is 0. The van der Waals surface area contributed by atoms with Crippen molar-refractivity contribution in [3.8, 4) is 11.1 Å². The molecule has 4 atom stereocenters. The van der Waals surface area contributed by atoms with E-state index in [1.165, 1.54) is 12.1 Å². The highest BCUT2D eigenvalue weighted by Gasteiger charge is 2.55. The number of aromatic nitrogens is 1. The first kappa shape index (κ1) is 20.4. The molecule has 31 heavy (non-hydrogen) atoms. The first-order chi connectivity index (χ1) is 15.0. The number of pyridine rings is 1. The summed E-state index contributed by atoms with van der Waals surface area (Å²) < 4.78 is 15.1. The minimum absolute atomic E-state index is 0.0800. The van der Waals surface area contributed by atoms with E-state index in [2.05, 4.69) is 4.90 Å². The van der Waals surface area contributed by atoms with Crippen molar-refractivity contribution in [2.24, 2.45) is 11.8 Å². The summed E-state index contributed by atoms with van der Waals surface area (Å²) in [6.07, 6.45) is 3.18. The van der Waals surface area contributed by atoms with Gasteiger partial charge in [-0.25, -0.2) is 4.39 Å². The van der Waals surface area contributed by atoms with Gasteiger partial charge in [0.15, 0.2) is 0 Å². The van der Waals surface area contributed by atoms with Crippen LogP contribution in [0.4, 0.5) is 4.39 Å². The maximum absolute atomic E-state index is 13.5. The van der Waals surface area contributed by atoms with E-state index in [1.807, 2.05) is 18.0 Å². The molecule has 1 amide bonds. The van der Waals surface area contributed by atoms with E-state index in [1.54, 1.807) is 22.8 Å². The smallest absolute Gasteiger partial charge is 0.258 e. The van der Waals surface area contributed by atoms with Crippen LogP contribution >= 0.6 is 0 Å². The van der Waals surface area contributed by atoms with Crippen LogP contribution in [0.2, 0.25) is 0 Å². The van der Waals surface area contributed by atoms with Crippen LogP contribution in [-0.4, -0.2) is 58.2 Å². The molecule has 1 N–H and O–H groups in total. The van der Waals surface area contributed by atoms with Gasteiger partial charge >= 0.3 is 0 Å². The Morgan fingerprint density at radius 2 is 1.81 bits per heavy atom. The van der Waals surface area contributed by atoms with Crippen molar-refractivity contribution in [1.82, 2.24) is 14.4 Å². The van der Waals surface area contributed by atoms with Gasteiger partial charge in [0.1, 0.15) is 5.82 Å². The van der Waals surface area contributed by atoms with Crippen molar-refractivity contribution in [3.63, 3.8) is 0 Å². The molecule has 0 saturated carbocycles. The molecule has 1 aromatic heterocycles. The van der Waals surface area contributed by atoms with E-state index in [-0.39, 0.29) is 47.8 Å². The highest BCUT2D eigenvalue weighted by molar-refractivity contribution is 5.81. The number of hydrogen-bond donors (Lipinski definition) is 1. The first-order valence-corrected chi connectivity index (χ1v) is 11.1. The molecule has 7 heteroatoms. The van der Waals surface area contributed by atoms with Crippen LogP contribution in [0.1, 0.15) is 31.0 Å². The zero-order chi connectivity index (χ0) is 21.7. The van der Waals surface area contributed by atoms with E-state index < -0.39 is 0 Å². The summed E-state index contributed by atoms with van der Waals surface area (Å²) in [7, 11) is 1.99. The fourth-order valence-electron chi connectivity index (χ4n) is 5.85. The summed E-state index contributed by atoms with van der Waals surface area (Å²) in [5, 5.41) is 10.2. The molecule has 0 spiro atoms. The molecule has 2 fully saturated rings. The number of rotatable bonds is 3. The summed E-state index contributed by atoms with van der Waals surface area (Å²) in [6.45, 7) is 1.89. The average molecular weight is 426 g/mol. The van der Waals surface area contributed by atoms with Gasteiger partial charge in [-0.05, 0) is 56.1 Å². The lowest BCUT2D eigenvalue weighted by atomic mass is 9.85. The van der Waals surface area contributed by atoms with Crippen molar-refractivity contribution >= 4 is 5.91 Å². The van der Waals surface area contributed by atoms with Gasteiger partial charge in [-0.15, -0.1) is 0 Å². The van der Waals surface area contributed by atoms with E-state index in [0.717, 1.165) is 38.0 Å². The van der Waals surface area contributed by atoms with Crippen molar-refractivity contribution in [2.75, 3.05) is 26.7 Å². The number of carbonyl (C=O) groups excluding carboxylic acids is 1. The molecule has 3 aliphatic heterocycles.